The van der Waals surface area contributed by atoms with Crippen molar-refractivity contribution in [2.45, 2.75) is 28.0 Å². The van der Waals surface area contributed by atoms with Crippen LogP contribution in [0.1, 0.15) is 18.1 Å². The summed E-state index contributed by atoms with van der Waals surface area (Å²) in [5, 5.41) is 2.99. The van der Waals surface area contributed by atoms with Crippen molar-refractivity contribution in [3.63, 3.8) is 0 Å². The molecular weight excluding hydrogens is 654 g/mol. The third-order valence-electron chi connectivity index (χ3n) is 6.16. The smallest absolute Gasteiger partial charge is 0.340 e. The summed E-state index contributed by atoms with van der Waals surface area (Å²) in [5.74, 6) is 0. The summed E-state index contributed by atoms with van der Waals surface area (Å²) in [7, 11) is 0. The van der Waals surface area contributed by atoms with Crippen LogP contribution in [0.25, 0.3) is 21.9 Å². The average Bonchev–Trinajstić information content (AvgIpc) is 2.96. The van der Waals surface area contributed by atoms with Gasteiger partial charge in [-0.1, -0.05) is 119 Å². The van der Waals surface area contributed by atoms with E-state index in [-0.39, 0.29) is 22.6 Å². The highest BCUT2D eigenvalue weighted by Crippen LogP contribution is 2.43. The molecule has 10 heteroatoms. The lowest BCUT2D eigenvalue weighted by molar-refractivity contribution is 0.536. The molecule has 0 aliphatic rings. The molecular formula is C32H20Cl4O4S2. The second-order valence-corrected chi connectivity index (χ2v) is 12.8. The molecule has 0 saturated carbocycles. The van der Waals surface area contributed by atoms with Gasteiger partial charge in [-0.3, -0.25) is 0 Å². The molecule has 0 bridgehead atoms. The number of rotatable bonds is 8. The molecule has 0 amide bonds. The normalized spacial score (nSPS) is 12.3. The molecule has 2 aromatic heterocycles. The fourth-order valence-corrected chi connectivity index (χ4v) is 7.38. The van der Waals surface area contributed by atoms with Gasteiger partial charge in [0.1, 0.15) is 11.2 Å². The highest BCUT2D eigenvalue weighted by molar-refractivity contribution is 8.03. The van der Waals surface area contributed by atoms with Crippen LogP contribution in [-0.4, -0.2) is 0 Å². The van der Waals surface area contributed by atoms with Gasteiger partial charge >= 0.3 is 11.3 Å². The number of halogens is 4. The van der Waals surface area contributed by atoms with Crippen LogP contribution in [0, 0.1) is 0 Å². The maximum Gasteiger partial charge on any atom is 0.340 e. The Morgan fingerprint density at radius 3 is 2.02 bits per heavy atom. The highest BCUT2D eigenvalue weighted by Gasteiger charge is 2.24. The quantitative estimate of drug-likeness (QED) is 0.0928. The van der Waals surface area contributed by atoms with E-state index in [2.05, 4.69) is 6.58 Å². The number of benzene rings is 3. The van der Waals surface area contributed by atoms with E-state index < -0.39 is 11.3 Å². The van der Waals surface area contributed by atoms with E-state index in [0.717, 1.165) is 0 Å². The van der Waals surface area contributed by atoms with E-state index >= 15 is 0 Å². The predicted octanol–water partition coefficient (Wildman–Crippen LogP) is 10.8. The van der Waals surface area contributed by atoms with Gasteiger partial charge in [0.2, 0.25) is 0 Å². The van der Waals surface area contributed by atoms with E-state index in [1.54, 1.807) is 61.5 Å². The van der Waals surface area contributed by atoms with E-state index in [0.29, 0.717) is 56.6 Å². The first-order chi connectivity index (χ1) is 20.2. The van der Waals surface area contributed by atoms with Crippen molar-refractivity contribution in [3.8, 4) is 0 Å². The summed E-state index contributed by atoms with van der Waals surface area (Å²) in [4.78, 5) is 29.5. The van der Waals surface area contributed by atoms with Crippen molar-refractivity contribution in [2.75, 3.05) is 0 Å². The molecule has 0 atom stereocenters. The van der Waals surface area contributed by atoms with E-state index in [1.807, 2.05) is 24.3 Å². The molecule has 0 radical (unpaired) electrons. The first-order valence-corrected chi connectivity index (χ1v) is 15.6. The standard InChI is InChI=1S/C32H20Cl4O4S2/c1-3-23(35)27(14-17(2)33)41-29-19-8-4-6-10-25(19)39-31(37)21(29)16-22-30(42-28-15-18(34)12-13-24(28)36)20-9-5-7-11-26(20)40-32(22)38/h3-15H,2,16H2,1H3/b23-3+,27-14+. The minimum Gasteiger partial charge on any atom is -0.422 e. The maximum atomic E-state index is 13.6. The summed E-state index contributed by atoms with van der Waals surface area (Å²) in [5.41, 5.74) is 0.129. The summed E-state index contributed by atoms with van der Waals surface area (Å²) in [6, 6.07) is 19.4. The zero-order valence-corrected chi connectivity index (χ0v) is 26.5. The predicted molar refractivity (Wildman–Crippen MR) is 177 cm³/mol. The molecule has 3 aromatic carbocycles. The van der Waals surface area contributed by atoms with Crippen molar-refractivity contribution in [1.82, 2.24) is 0 Å². The second kappa shape index (κ2) is 13.2. The van der Waals surface area contributed by atoms with Crippen LogP contribution in [0.5, 0.6) is 0 Å². The molecule has 0 saturated heterocycles. The largest absolute Gasteiger partial charge is 0.422 e. The zero-order chi connectivity index (χ0) is 30.0. The van der Waals surface area contributed by atoms with Crippen molar-refractivity contribution in [1.29, 1.82) is 0 Å². The van der Waals surface area contributed by atoms with Gasteiger partial charge in [-0.25, -0.2) is 9.59 Å². The molecule has 0 unspecified atom stereocenters. The SMILES string of the molecule is C=C(Cl)/C=C(Sc1c(Cc2c(Sc3cc(Cl)ccc3Cl)c3ccccc3oc2=O)c(=O)oc2ccccc12)\C(Cl)=C/C. The van der Waals surface area contributed by atoms with Crippen molar-refractivity contribution in [2.24, 2.45) is 0 Å². The summed E-state index contributed by atoms with van der Waals surface area (Å²) >= 11 is 28.0. The Morgan fingerprint density at radius 1 is 0.857 bits per heavy atom. The minimum absolute atomic E-state index is 0.0915. The van der Waals surface area contributed by atoms with Gasteiger partial charge < -0.3 is 8.83 Å². The minimum atomic E-state index is -0.596. The van der Waals surface area contributed by atoms with Crippen LogP contribution in [-0.2, 0) is 6.42 Å². The maximum absolute atomic E-state index is 13.6. The summed E-state index contributed by atoms with van der Waals surface area (Å²) in [6.45, 7) is 5.55. The number of para-hydroxylation sites is 2. The molecule has 2 heterocycles. The first kappa shape index (κ1) is 30.6. The van der Waals surface area contributed by atoms with Gasteiger partial charge in [0, 0.05) is 46.8 Å². The lowest BCUT2D eigenvalue weighted by Gasteiger charge is -2.15. The van der Waals surface area contributed by atoms with Gasteiger partial charge in [-0.2, -0.15) is 0 Å². The zero-order valence-electron chi connectivity index (χ0n) is 21.9. The molecule has 0 aliphatic carbocycles. The molecule has 0 spiro atoms. The molecule has 5 rings (SSSR count). The van der Waals surface area contributed by atoms with Gasteiger partial charge in [-0.05, 0) is 43.3 Å². The fraction of sp³-hybridized carbons (Fsp3) is 0.0625. The van der Waals surface area contributed by atoms with E-state index in [4.69, 9.17) is 55.2 Å². The van der Waals surface area contributed by atoms with Crippen molar-refractivity contribution in [3.05, 3.63) is 142 Å². The molecule has 0 aliphatic heterocycles. The second-order valence-electron chi connectivity index (χ2n) is 8.93. The Kier molecular flexibility index (Phi) is 9.63. The Labute approximate surface area is 269 Å². The van der Waals surface area contributed by atoms with Gasteiger partial charge in [0.25, 0.3) is 0 Å². The van der Waals surface area contributed by atoms with Crippen LogP contribution >= 0.6 is 69.9 Å². The molecule has 4 nitrogen and oxygen atoms in total. The van der Waals surface area contributed by atoms with Crippen LogP contribution in [0.4, 0.5) is 0 Å². The Morgan fingerprint density at radius 2 is 1.43 bits per heavy atom. The number of fused-ring (bicyclic) bond motifs is 2. The van der Waals surface area contributed by atoms with Crippen LogP contribution in [0.2, 0.25) is 10.0 Å². The summed E-state index contributed by atoms with van der Waals surface area (Å²) in [6.07, 6.45) is 3.25. The van der Waals surface area contributed by atoms with Crippen molar-refractivity contribution >= 4 is 91.9 Å². The number of hydrogen-bond donors (Lipinski definition) is 0. The Hall–Kier alpha value is -2.84. The Balaban J connectivity index is 1.76. The lowest BCUT2D eigenvalue weighted by Crippen LogP contribution is -2.16. The van der Waals surface area contributed by atoms with E-state index in [9.17, 15) is 9.59 Å². The number of allylic oxidation sites excluding steroid dienone is 4. The van der Waals surface area contributed by atoms with Crippen LogP contribution in [0.3, 0.4) is 0 Å². The van der Waals surface area contributed by atoms with Gasteiger partial charge in [0.15, 0.2) is 0 Å². The van der Waals surface area contributed by atoms with Gasteiger partial charge in [0.05, 0.1) is 21.2 Å². The first-order valence-electron chi connectivity index (χ1n) is 12.4. The highest BCUT2D eigenvalue weighted by atomic mass is 35.5. The molecule has 5 aromatic rings. The monoisotopic (exact) mass is 672 g/mol. The third-order valence-corrected chi connectivity index (χ3v) is 9.93. The summed E-state index contributed by atoms with van der Waals surface area (Å²) < 4.78 is 11.4. The molecule has 42 heavy (non-hydrogen) atoms. The van der Waals surface area contributed by atoms with Crippen molar-refractivity contribution < 1.29 is 8.83 Å². The van der Waals surface area contributed by atoms with E-state index in [1.165, 1.54) is 23.5 Å². The van der Waals surface area contributed by atoms with Crippen LogP contribution < -0.4 is 11.3 Å². The lowest BCUT2D eigenvalue weighted by atomic mass is 10.0. The molecule has 212 valence electrons. The van der Waals surface area contributed by atoms with Gasteiger partial charge in [-0.15, -0.1) is 0 Å². The fourth-order valence-electron chi connectivity index (χ4n) is 4.24. The number of hydrogen-bond acceptors (Lipinski definition) is 6. The Bertz CT molecular complexity index is 2040. The number of thioether (sulfide) groups is 1. The topological polar surface area (TPSA) is 60.4 Å². The average molecular weight is 674 g/mol. The molecule has 0 fully saturated rings. The molecule has 0 N–H and O–H groups in total. The third kappa shape index (κ3) is 6.55. The van der Waals surface area contributed by atoms with Crippen LogP contribution in [0.15, 0.2) is 134 Å².